The molecule has 134 valence electrons. The summed E-state index contributed by atoms with van der Waals surface area (Å²) in [5.41, 5.74) is 0. The van der Waals surface area contributed by atoms with Gasteiger partial charge < -0.3 is 15.0 Å². The van der Waals surface area contributed by atoms with Gasteiger partial charge in [-0.05, 0) is 68.6 Å². The van der Waals surface area contributed by atoms with Gasteiger partial charge in [-0.1, -0.05) is 0 Å². The second-order valence-electron chi connectivity index (χ2n) is 7.53. The Morgan fingerprint density at radius 2 is 1.74 bits per heavy atom. The van der Waals surface area contributed by atoms with Gasteiger partial charge in [0.25, 0.3) is 0 Å². The number of ether oxygens (including phenoxy) is 1. The minimum Gasteiger partial charge on any atom is -0.381 e. The fourth-order valence-corrected chi connectivity index (χ4v) is 3.88. The molecule has 1 saturated heterocycles. The molecule has 1 heterocycles. The predicted molar refractivity (Wildman–Crippen MR) is 107 cm³/mol. The molecule has 2 aliphatic carbocycles. The molecule has 2 saturated carbocycles. The molecular weight excluding hydrogens is 401 g/mol. The van der Waals surface area contributed by atoms with E-state index in [1.807, 2.05) is 7.05 Å². The fourth-order valence-electron chi connectivity index (χ4n) is 3.88. The zero-order valence-electron chi connectivity index (χ0n) is 14.8. The van der Waals surface area contributed by atoms with Gasteiger partial charge in [-0.3, -0.25) is 4.99 Å². The summed E-state index contributed by atoms with van der Waals surface area (Å²) < 4.78 is 5.45. The molecule has 0 spiro atoms. The molecule has 0 aromatic rings. The first-order chi connectivity index (χ1) is 10.8. The maximum absolute atomic E-state index is 5.45. The molecular formula is C18H34IN3O. The van der Waals surface area contributed by atoms with Gasteiger partial charge in [0.2, 0.25) is 0 Å². The Balaban J connectivity index is 0.00000192. The Morgan fingerprint density at radius 1 is 1.13 bits per heavy atom. The molecule has 0 radical (unpaired) electrons. The highest BCUT2D eigenvalue weighted by molar-refractivity contribution is 14.0. The van der Waals surface area contributed by atoms with Crippen LogP contribution in [-0.4, -0.2) is 51.3 Å². The predicted octanol–water partition coefficient (Wildman–Crippen LogP) is 3.36. The fraction of sp³-hybridized carbons (Fsp3) is 0.944. The number of guanidine groups is 1. The molecule has 3 fully saturated rings. The normalized spacial score (nSPS) is 22.8. The van der Waals surface area contributed by atoms with E-state index < -0.39 is 0 Å². The SMILES string of the molecule is CN=C(NCC(C1CC1)C1CC1)N(C)CCC1CCOCC1.I. The molecule has 3 aliphatic rings. The number of hydrogen-bond donors (Lipinski definition) is 1. The first kappa shape index (κ1) is 19.3. The Hall–Kier alpha value is -0.0400. The maximum atomic E-state index is 5.45. The summed E-state index contributed by atoms with van der Waals surface area (Å²) in [5, 5.41) is 3.65. The smallest absolute Gasteiger partial charge is 0.193 e. The molecule has 0 unspecified atom stereocenters. The summed E-state index contributed by atoms with van der Waals surface area (Å²) in [7, 11) is 4.09. The second-order valence-corrected chi connectivity index (χ2v) is 7.53. The van der Waals surface area contributed by atoms with Crippen molar-refractivity contribution in [3.05, 3.63) is 0 Å². The lowest BCUT2D eigenvalue weighted by Gasteiger charge is -2.28. The highest BCUT2D eigenvalue weighted by Gasteiger charge is 2.41. The van der Waals surface area contributed by atoms with Gasteiger partial charge in [0.15, 0.2) is 5.96 Å². The third-order valence-corrected chi connectivity index (χ3v) is 5.74. The van der Waals surface area contributed by atoms with Crippen molar-refractivity contribution in [1.29, 1.82) is 0 Å². The Bertz CT molecular complexity index is 364. The molecule has 0 aromatic heterocycles. The number of nitrogens with one attached hydrogen (secondary N) is 1. The number of aliphatic imine (C=N–C) groups is 1. The highest BCUT2D eigenvalue weighted by atomic mass is 127. The molecule has 0 aromatic carbocycles. The van der Waals surface area contributed by atoms with E-state index in [4.69, 9.17) is 4.74 Å². The van der Waals surface area contributed by atoms with Gasteiger partial charge in [0.05, 0.1) is 0 Å². The standard InChI is InChI=1S/C18H33N3O.HI/c1-19-18(20-13-17(15-3-4-15)16-5-6-16)21(2)10-7-14-8-11-22-12-9-14;/h14-17H,3-13H2,1-2H3,(H,19,20);1H. The van der Waals surface area contributed by atoms with Gasteiger partial charge in [0.1, 0.15) is 0 Å². The summed E-state index contributed by atoms with van der Waals surface area (Å²) in [4.78, 5) is 6.80. The molecule has 5 heteroatoms. The molecule has 4 nitrogen and oxygen atoms in total. The van der Waals surface area contributed by atoms with Gasteiger partial charge >= 0.3 is 0 Å². The zero-order valence-corrected chi connectivity index (χ0v) is 17.1. The topological polar surface area (TPSA) is 36.9 Å². The van der Waals surface area contributed by atoms with E-state index in [-0.39, 0.29) is 24.0 Å². The van der Waals surface area contributed by atoms with Crippen LogP contribution >= 0.6 is 24.0 Å². The number of halogens is 1. The summed E-state index contributed by atoms with van der Waals surface area (Å²) >= 11 is 0. The van der Waals surface area contributed by atoms with Crippen LogP contribution in [-0.2, 0) is 4.74 Å². The Morgan fingerprint density at radius 3 is 2.26 bits per heavy atom. The Kier molecular flexibility index (Phi) is 7.92. The molecule has 1 aliphatic heterocycles. The van der Waals surface area contributed by atoms with Crippen molar-refractivity contribution in [1.82, 2.24) is 10.2 Å². The van der Waals surface area contributed by atoms with Gasteiger partial charge in [-0.2, -0.15) is 0 Å². The zero-order chi connectivity index (χ0) is 15.4. The van der Waals surface area contributed by atoms with E-state index in [1.54, 1.807) is 0 Å². The van der Waals surface area contributed by atoms with Gasteiger partial charge in [0, 0.05) is 40.4 Å². The summed E-state index contributed by atoms with van der Waals surface area (Å²) in [6.07, 6.45) is 9.55. The molecule has 3 rings (SSSR count). The highest BCUT2D eigenvalue weighted by Crippen LogP contribution is 2.48. The number of hydrogen-bond acceptors (Lipinski definition) is 2. The third kappa shape index (κ3) is 6.07. The molecule has 1 N–H and O–H groups in total. The lowest BCUT2D eigenvalue weighted by atomic mass is 9.96. The average Bonchev–Trinajstić information content (AvgIpc) is 3.44. The summed E-state index contributed by atoms with van der Waals surface area (Å²) in [6.45, 7) is 4.13. The van der Waals surface area contributed by atoms with Crippen molar-refractivity contribution in [2.24, 2.45) is 28.7 Å². The first-order valence-corrected chi connectivity index (χ1v) is 9.27. The summed E-state index contributed by atoms with van der Waals surface area (Å²) in [6, 6.07) is 0. The number of rotatable bonds is 7. The van der Waals surface area contributed by atoms with E-state index in [0.717, 1.165) is 55.9 Å². The van der Waals surface area contributed by atoms with Crippen LogP contribution in [0.4, 0.5) is 0 Å². The average molecular weight is 435 g/mol. The molecule has 0 bridgehead atoms. The maximum Gasteiger partial charge on any atom is 0.193 e. The first-order valence-electron chi connectivity index (χ1n) is 9.27. The minimum atomic E-state index is 0. The molecule has 0 amide bonds. The monoisotopic (exact) mass is 435 g/mol. The van der Waals surface area contributed by atoms with Crippen molar-refractivity contribution in [3.8, 4) is 0 Å². The third-order valence-electron chi connectivity index (χ3n) is 5.74. The lowest BCUT2D eigenvalue weighted by Crippen LogP contribution is -2.42. The summed E-state index contributed by atoms with van der Waals surface area (Å²) in [5.74, 6) is 4.83. The van der Waals surface area contributed by atoms with Crippen LogP contribution in [0.1, 0.15) is 44.9 Å². The van der Waals surface area contributed by atoms with E-state index >= 15 is 0 Å². The molecule has 23 heavy (non-hydrogen) atoms. The lowest BCUT2D eigenvalue weighted by molar-refractivity contribution is 0.0625. The number of nitrogens with zero attached hydrogens (tertiary/aromatic N) is 2. The van der Waals surface area contributed by atoms with Crippen LogP contribution < -0.4 is 5.32 Å². The van der Waals surface area contributed by atoms with Gasteiger partial charge in [-0.15, -0.1) is 24.0 Å². The van der Waals surface area contributed by atoms with Crippen LogP contribution in [0.5, 0.6) is 0 Å². The van der Waals surface area contributed by atoms with Crippen LogP contribution in [0.25, 0.3) is 0 Å². The van der Waals surface area contributed by atoms with Crippen LogP contribution in [0, 0.1) is 23.7 Å². The van der Waals surface area contributed by atoms with Crippen molar-refractivity contribution in [3.63, 3.8) is 0 Å². The minimum absolute atomic E-state index is 0. The Labute approximate surface area is 158 Å². The van der Waals surface area contributed by atoms with Crippen molar-refractivity contribution in [2.45, 2.75) is 44.9 Å². The van der Waals surface area contributed by atoms with E-state index in [2.05, 4.69) is 22.3 Å². The van der Waals surface area contributed by atoms with E-state index in [1.165, 1.54) is 44.9 Å². The second kappa shape index (κ2) is 9.44. The van der Waals surface area contributed by atoms with Gasteiger partial charge in [-0.25, -0.2) is 0 Å². The van der Waals surface area contributed by atoms with E-state index in [0.29, 0.717) is 0 Å². The van der Waals surface area contributed by atoms with E-state index in [9.17, 15) is 0 Å². The van der Waals surface area contributed by atoms with Crippen molar-refractivity contribution in [2.75, 3.05) is 40.4 Å². The van der Waals surface area contributed by atoms with Crippen LogP contribution in [0.15, 0.2) is 4.99 Å². The van der Waals surface area contributed by atoms with Crippen LogP contribution in [0.3, 0.4) is 0 Å². The molecule has 0 atom stereocenters. The van der Waals surface area contributed by atoms with Crippen LogP contribution in [0.2, 0.25) is 0 Å². The van der Waals surface area contributed by atoms with Crippen molar-refractivity contribution < 1.29 is 4.74 Å². The quantitative estimate of drug-likeness (QED) is 0.379. The van der Waals surface area contributed by atoms with Crippen molar-refractivity contribution >= 4 is 29.9 Å². The largest absolute Gasteiger partial charge is 0.381 e.